The molecule has 0 aliphatic rings. The summed E-state index contributed by atoms with van der Waals surface area (Å²) in [6, 6.07) is 7.57. The highest BCUT2D eigenvalue weighted by Crippen LogP contribution is 2.32. The first kappa shape index (κ1) is 11.7. The Morgan fingerprint density at radius 2 is 1.84 bits per heavy atom. The van der Waals surface area contributed by atoms with Gasteiger partial charge in [-0.3, -0.25) is 4.98 Å². The van der Waals surface area contributed by atoms with Crippen LogP contribution in [0.4, 0.5) is 13.2 Å². The van der Waals surface area contributed by atoms with Crippen LogP contribution < -0.4 is 0 Å². The number of aromatic nitrogens is 3. The zero-order chi connectivity index (χ0) is 13.5. The summed E-state index contributed by atoms with van der Waals surface area (Å²) in [5.74, 6) is 0. The van der Waals surface area contributed by atoms with E-state index in [2.05, 4.69) is 9.97 Å². The number of fused-ring (bicyclic) bond motifs is 1. The third kappa shape index (κ3) is 2.05. The molecule has 0 aromatic carbocycles. The van der Waals surface area contributed by atoms with Crippen molar-refractivity contribution in [1.82, 2.24) is 14.4 Å². The molecule has 3 aromatic rings. The average Bonchev–Trinajstić information content (AvgIpc) is 2.82. The lowest BCUT2D eigenvalue weighted by Crippen LogP contribution is -2.07. The molecule has 0 amide bonds. The maximum atomic E-state index is 12.9. The molecule has 0 spiro atoms. The molecule has 3 rings (SSSR count). The second kappa shape index (κ2) is 4.08. The van der Waals surface area contributed by atoms with E-state index in [-0.39, 0.29) is 5.65 Å². The molecule has 0 saturated carbocycles. The highest BCUT2D eigenvalue weighted by molar-refractivity contribution is 5.61. The number of hydrogen-bond donors (Lipinski definition) is 0. The number of rotatable bonds is 1. The van der Waals surface area contributed by atoms with Crippen LogP contribution in [-0.2, 0) is 6.18 Å². The van der Waals surface area contributed by atoms with Gasteiger partial charge in [0.05, 0.1) is 11.3 Å². The lowest BCUT2D eigenvalue weighted by molar-refractivity contribution is -0.136. The van der Waals surface area contributed by atoms with E-state index in [9.17, 15) is 13.2 Å². The van der Waals surface area contributed by atoms with Crippen LogP contribution in [0.1, 0.15) is 5.56 Å². The first-order chi connectivity index (χ1) is 9.05. The van der Waals surface area contributed by atoms with E-state index >= 15 is 0 Å². The third-order valence-electron chi connectivity index (χ3n) is 2.72. The van der Waals surface area contributed by atoms with E-state index in [1.54, 1.807) is 24.4 Å². The van der Waals surface area contributed by atoms with Gasteiger partial charge in [-0.2, -0.15) is 13.2 Å². The summed E-state index contributed by atoms with van der Waals surface area (Å²) >= 11 is 0. The van der Waals surface area contributed by atoms with Crippen molar-refractivity contribution in [2.75, 3.05) is 0 Å². The van der Waals surface area contributed by atoms with Crippen LogP contribution in [0.5, 0.6) is 0 Å². The van der Waals surface area contributed by atoms with Crippen molar-refractivity contribution in [2.45, 2.75) is 6.18 Å². The smallest absolute Gasteiger partial charge is 0.306 e. The van der Waals surface area contributed by atoms with Gasteiger partial charge >= 0.3 is 6.18 Å². The number of alkyl halides is 3. The number of imidazole rings is 1. The van der Waals surface area contributed by atoms with Gasteiger partial charge in [-0.15, -0.1) is 0 Å². The third-order valence-corrected chi connectivity index (χ3v) is 2.72. The Kier molecular flexibility index (Phi) is 2.51. The van der Waals surface area contributed by atoms with Gasteiger partial charge in [0, 0.05) is 18.6 Å². The highest BCUT2D eigenvalue weighted by atomic mass is 19.4. The standard InChI is InChI=1S/C13H8F3N3/c14-13(15,16)9-4-3-7-19-8-11(18-12(9)19)10-5-1-2-6-17-10/h1-8H. The SMILES string of the molecule is FC(F)(F)c1cccn2cc(-c3ccccn3)nc12. The molecule has 0 unspecified atom stereocenters. The predicted octanol–water partition coefficient (Wildman–Crippen LogP) is 3.42. The molecule has 6 heteroatoms. The maximum absolute atomic E-state index is 12.9. The van der Waals surface area contributed by atoms with Crippen LogP contribution in [0.2, 0.25) is 0 Å². The molecule has 3 aromatic heterocycles. The van der Waals surface area contributed by atoms with Crippen molar-refractivity contribution >= 4 is 5.65 Å². The van der Waals surface area contributed by atoms with Gasteiger partial charge in [0.25, 0.3) is 0 Å². The van der Waals surface area contributed by atoms with E-state index in [1.807, 2.05) is 0 Å². The molecule has 0 radical (unpaired) electrons. The molecular weight excluding hydrogens is 255 g/mol. The molecule has 0 bridgehead atoms. The van der Waals surface area contributed by atoms with Crippen molar-refractivity contribution in [3.63, 3.8) is 0 Å². The van der Waals surface area contributed by atoms with Gasteiger partial charge in [0.15, 0.2) is 0 Å². The van der Waals surface area contributed by atoms with E-state index in [1.165, 1.54) is 22.9 Å². The fraction of sp³-hybridized carbons (Fsp3) is 0.0769. The minimum Gasteiger partial charge on any atom is -0.306 e. The molecule has 0 N–H and O–H groups in total. The normalized spacial score (nSPS) is 11.9. The van der Waals surface area contributed by atoms with E-state index in [4.69, 9.17) is 0 Å². The number of halogens is 3. The minimum atomic E-state index is -4.42. The Morgan fingerprint density at radius 3 is 2.53 bits per heavy atom. The van der Waals surface area contributed by atoms with Gasteiger partial charge in [0.1, 0.15) is 11.3 Å². The van der Waals surface area contributed by atoms with Crippen LogP contribution in [-0.4, -0.2) is 14.4 Å². The summed E-state index contributed by atoms with van der Waals surface area (Å²) in [6.45, 7) is 0. The van der Waals surface area contributed by atoms with Crippen LogP contribution in [0.25, 0.3) is 17.0 Å². The van der Waals surface area contributed by atoms with Crippen LogP contribution in [0.3, 0.4) is 0 Å². The average molecular weight is 263 g/mol. The summed E-state index contributed by atoms with van der Waals surface area (Å²) in [6.07, 6.45) is 0.218. The molecular formula is C13H8F3N3. The summed E-state index contributed by atoms with van der Waals surface area (Å²) < 4.78 is 39.9. The molecule has 0 aliphatic carbocycles. The van der Waals surface area contributed by atoms with Crippen molar-refractivity contribution in [3.8, 4) is 11.4 Å². The van der Waals surface area contributed by atoms with Gasteiger partial charge in [-0.05, 0) is 24.3 Å². The summed E-state index contributed by atoms with van der Waals surface area (Å²) in [4.78, 5) is 8.11. The maximum Gasteiger partial charge on any atom is 0.419 e. The van der Waals surface area contributed by atoms with E-state index in [0.29, 0.717) is 11.4 Å². The van der Waals surface area contributed by atoms with Crippen LogP contribution in [0, 0.1) is 0 Å². The van der Waals surface area contributed by atoms with Crippen molar-refractivity contribution in [1.29, 1.82) is 0 Å². The second-order valence-corrected chi connectivity index (χ2v) is 3.99. The van der Waals surface area contributed by atoms with Gasteiger partial charge in [0.2, 0.25) is 0 Å². The van der Waals surface area contributed by atoms with E-state index < -0.39 is 11.7 Å². The Morgan fingerprint density at radius 1 is 1.00 bits per heavy atom. The first-order valence-electron chi connectivity index (χ1n) is 5.52. The molecule has 19 heavy (non-hydrogen) atoms. The van der Waals surface area contributed by atoms with Crippen molar-refractivity contribution in [2.24, 2.45) is 0 Å². The second-order valence-electron chi connectivity index (χ2n) is 3.99. The minimum absolute atomic E-state index is 0.115. The molecule has 0 aliphatic heterocycles. The largest absolute Gasteiger partial charge is 0.419 e. The number of nitrogens with zero attached hydrogens (tertiary/aromatic N) is 3. The van der Waals surface area contributed by atoms with Crippen LogP contribution >= 0.6 is 0 Å². The monoisotopic (exact) mass is 263 g/mol. The Balaban J connectivity index is 2.22. The van der Waals surface area contributed by atoms with Gasteiger partial charge < -0.3 is 4.40 Å². The lowest BCUT2D eigenvalue weighted by Gasteiger charge is -2.06. The Hall–Kier alpha value is -2.37. The zero-order valence-electron chi connectivity index (χ0n) is 9.59. The van der Waals surface area contributed by atoms with Crippen molar-refractivity contribution < 1.29 is 13.2 Å². The molecule has 3 nitrogen and oxygen atoms in total. The molecule has 96 valence electrons. The Labute approximate surface area is 106 Å². The fourth-order valence-corrected chi connectivity index (χ4v) is 1.87. The molecule has 0 fully saturated rings. The fourth-order valence-electron chi connectivity index (χ4n) is 1.87. The lowest BCUT2D eigenvalue weighted by atomic mass is 10.2. The van der Waals surface area contributed by atoms with Gasteiger partial charge in [-0.1, -0.05) is 6.07 Å². The predicted molar refractivity (Wildman–Crippen MR) is 63.4 cm³/mol. The molecule has 3 heterocycles. The first-order valence-corrected chi connectivity index (χ1v) is 5.52. The Bertz CT molecular complexity index is 717. The molecule has 0 saturated heterocycles. The summed E-state index contributed by atoms with van der Waals surface area (Å²) in [5, 5.41) is 0. The summed E-state index contributed by atoms with van der Waals surface area (Å²) in [5.41, 5.74) is 0.0875. The van der Waals surface area contributed by atoms with Crippen LogP contribution in [0.15, 0.2) is 48.9 Å². The molecule has 0 atom stereocenters. The quantitative estimate of drug-likeness (QED) is 0.673. The topological polar surface area (TPSA) is 30.2 Å². The van der Waals surface area contributed by atoms with Gasteiger partial charge in [-0.25, -0.2) is 4.98 Å². The number of pyridine rings is 2. The van der Waals surface area contributed by atoms with Crippen molar-refractivity contribution in [3.05, 3.63) is 54.5 Å². The number of hydrogen-bond acceptors (Lipinski definition) is 2. The summed E-state index contributed by atoms with van der Waals surface area (Å²) in [7, 11) is 0. The highest BCUT2D eigenvalue weighted by Gasteiger charge is 2.33. The zero-order valence-corrected chi connectivity index (χ0v) is 9.59. The van der Waals surface area contributed by atoms with E-state index in [0.717, 1.165) is 6.07 Å².